The van der Waals surface area contributed by atoms with E-state index in [0.29, 0.717) is 5.56 Å². The van der Waals surface area contributed by atoms with Gasteiger partial charge in [0.15, 0.2) is 6.61 Å². The van der Waals surface area contributed by atoms with E-state index in [0.717, 1.165) is 17.2 Å². The van der Waals surface area contributed by atoms with E-state index in [2.05, 4.69) is 0 Å². The van der Waals surface area contributed by atoms with E-state index in [1.807, 2.05) is 19.1 Å². The molecule has 0 aliphatic heterocycles. The standard InChI is InChI=1S/C18H17NO6/c1-11-4-5-12(2)14(8-11)16(20)10-25-18(21)15-9-13(19(22)23)6-7-17(15)24-3/h4-9H,10H2,1-3H3. The molecule has 2 aromatic rings. The summed E-state index contributed by atoms with van der Waals surface area (Å²) in [5, 5.41) is 10.9. The zero-order valence-corrected chi connectivity index (χ0v) is 14.1. The summed E-state index contributed by atoms with van der Waals surface area (Å²) in [7, 11) is 1.33. The van der Waals surface area contributed by atoms with Gasteiger partial charge in [0, 0.05) is 17.7 Å². The summed E-state index contributed by atoms with van der Waals surface area (Å²) in [6.45, 7) is 3.18. The molecule has 7 heteroatoms. The lowest BCUT2D eigenvalue weighted by molar-refractivity contribution is -0.384. The Bertz CT molecular complexity index is 843. The number of carbonyl (C=O) groups excluding carboxylic acids is 2. The number of methoxy groups -OCH3 is 1. The summed E-state index contributed by atoms with van der Waals surface area (Å²) < 4.78 is 10.0. The number of aryl methyl sites for hydroxylation is 2. The lowest BCUT2D eigenvalue weighted by Crippen LogP contribution is -2.16. The third-order valence-electron chi connectivity index (χ3n) is 3.64. The number of non-ortho nitro benzene ring substituents is 1. The number of nitrogens with zero attached hydrogens (tertiary/aromatic N) is 1. The van der Waals surface area contributed by atoms with Crippen LogP contribution in [0.15, 0.2) is 36.4 Å². The highest BCUT2D eigenvalue weighted by Crippen LogP contribution is 2.24. The van der Waals surface area contributed by atoms with Gasteiger partial charge in [0.2, 0.25) is 5.78 Å². The van der Waals surface area contributed by atoms with Crippen LogP contribution in [0.25, 0.3) is 0 Å². The summed E-state index contributed by atoms with van der Waals surface area (Å²) in [6, 6.07) is 9.00. The molecule has 0 unspecified atom stereocenters. The summed E-state index contributed by atoms with van der Waals surface area (Å²) in [6.07, 6.45) is 0. The van der Waals surface area contributed by atoms with Gasteiger partial charge in [-0.1, -0.05) is 17.7 Å². The molecule has 0 fully saturated rings. The monoisotopic (exact) mass is 343 g/mol. The smallest absolute Gasteiger partial charge is 0.342 e. The van der Waals surface area contributed by atoms with Crippen LogP contribution < -0.4 is 4.74 Å². The van der Waals surface area contributed by atoms with Crippen molar-refractivity contribution >= 4 is 17.4 Å². The lowest BCUT2D eigenvalue weighted by atomic mass is 10.0. The van der Waals surface area contributed by atoms with E-state index in [4.69, 9.17) is 9.47 Å². The second-order valence-electron chi connectivity index (χ2n) is 5.46. The molecule has 0 aliphatic carbocycles. The van der Waals surface area contributed by atoms with Gasteiger partial charge < -0.3 is 9.47 Å². The Balaban J connectivity index is 2.17. The average Bonchev–Trinajstić information content (AvgIpc) is 2.60. The minimum atomic E-state index is -0.862. The molecule has 0 atom stereocenters. The summed E-state index contributed by atoms with van der Waals surface area (Å²) in [5.74, 6) is -1.08. The van der Waals surface area contributed by atoms with Crippen LogP contribution in [0.2, 0.25) is 0 Å². The van der Waals surface area contributed by atoms with Crippen molar-refractivity contribution in [1.29, 1.82) is 0 Å². The highest BCUT2D eigenvalue weighted by Gasteiger charge is 2.20. The number of benzene rings is 2. The Labute approximate surface area is 144 Å². The van der Waals surface area contributed by atoms with Crippen molar-refractivity contribution in [3.05, 3.63) is 68.8 Å². The van der Waals surface area contributed by atoms with E-state index < -0.39 is 17.5 Å². The fourth-order valence-electron chi connectivity index (χ4n) is 2.29. The van der Waals surface area contributed by atoms with Crippen molar-refractivity contribution in [2.75, 3.05) is 13.7 Å². The van der Waals surface area contributed by atoms with Gasteiger partial charge in [-0.25, -0.2) is 4.79 Å². The van der Waals surface area contributed by atoms with Crippen LogP contribution in [0.1, 0.15) is 31.8 Å². The Kier molecular flexibility index (Phi) is 5.49. The fourth-order valence-corrected chi connectivity index (χ4v) is 2.29. The normalized spacial score (nSPS) is 10.2. The van der Waals surface area contributed by atoms with Crippen molar-refractivity contribution in [3.8, 4) is 5.75 Å². The molecule has 0 N–H and O–H groups in total. The van der Waals surface area contributed by atoms with Crippen molar-refractivity contribution in [3.63, 3.8) is 0 Å². The SMILES string of the molecule is COc1ccc([N+](=O)[O-])cc1C(=O)OCC(=O)c1cc(C)ccc1C. The maximum absolute atomic E-state index is 12.3. The van der Waals surface area contributed by atoms with E-state index in [9.17, 15) is 19.7 Å². The number of carbonyl (C=O) groups is 2. The van der Waals surface area contributed by atoms with Crippen molar-refractivity contribution in [1.82, 2.24) is 0 Å². The molecule has 0 amide bonds. The zero-order valence-electron chi connectivity index (χ0n) is 14.1. The maximum Gasteiger partial charge on any atom is 0.342 e. The predicted octanol–water partition coefficient (Wildman–Crippen LogP) is 3.26. The number of nitro benzene ring substituents is 1. The second-order valence-corrected chi connectivity index (χ2v) is 5.46. The van der Waals surface area contributed by atoms with Gasteiger partial charge in [-0.05, 0) is 31.5 Å². The predicted molar refractivity (Wildman–Crippen MR) is 90.2 cm³/mol. The summed E-state index contributed by atoms with van der Waals surface area (Å²) >= 11 is 0. The summed E-state index contributed by atoms with van der Waals surface area (Å²) in [4.78, 5) is 34.7. The average molecular weight is 343 g/mol. The van der Waals surface area contributed by atoms with Gasteiger partial charge in [0.1, 0.15) is 11.3 Å². The van der Waals surface area contributed by atoms with Crippen LogP contribution >= 0.6 is 0 Å². The van der Waals surface area contributed by atoms with Crippen LogP contribution in [-0.2, 0) is 4.74 Å². The molecule has 0 aliphatic rings. The first kappa shape index (κ1) is 18.1. The molecule has 0 aromatic heterocycles. The number of esters is 1. The molecular weight excluding hydrogens is 326 g/mol. The molecule has 0 saturated heterocycles. The van der Waals surface area contributed by atoms with Crippen LogP contribution in [0.3, 0.4) is 0 Å². The number of hydrogen-bond acceptors (Lipinski definition) is 6. The van der Waals surface area contributed by atoms with Crippen LogP contribution in [-0.4, -0.2) is 30.4 Å². The first-order valence-corrected chi connectivity index (χ1v) is 7.43. The molecule has 0 saturated carbocycles. The number of ether oxygens (including phenoxy) is 2. The highest BCUT2D eigenvalue weighted by molar-refractivity contribution is 6.01. The van der Waals surface area contributed by atoms with Crippen LogP contribution in [0, 0.1) is 24.0 Å². The molecular formula is C18H17NO6. The molecule has 7 nitrogen and oxygen atoms in total. The fraction of sp³-hybridized carbons (Fsp3) is 0.222. The molecule has 130 valence electrons. The Morgan fingerprint density at radius 1 is 1.08 bits per heavy atom. The first-order chi connectivity index (χ1) is 11.8. The van der Waals surface area contributed by atoms with Gasteiger partial charge in [0.05, 0.1) is 12.0 Å². The van der Waals surface area contributed by atoms with Crippen molar-refractivity contribution < 1.29 is 24.0 Å². The van der Waals surface area contributed by atoms with Gasteiger partial charge in [-0.15, -0.1) is 0 Å². The van der Waals surface area contributed by atoms with E-state index in [-0.39, 0.29) is 22.8 Å². The summed E-state index contributed by atoms with van der Waals surface area (Å²) in [5.41, 5.74) is 1.79. The minimum Gasteiger partial charge on any atom is -0.496 e. The van der Waals surface area contributed by atoms with E-state index in [1.54, 1.807) is 13.0 Å². The Morgan fingerprint density at radius 2 is 1.80 bits per heavy atom. The lowest BCUT2D eigenvalue weighted by Gasteiger charge is -2.09. The number of rotatable bonds is 6. The zero-order chi connectivity index (χ0) is 18.6. The quantitative estimate of drug-likeness (QED) is 0.346. The largest absolute Gasteiger partial charge is 0.496 e. The third-order valence-corrected chi connectivity index (χ3v) is 3.64. The minimum absolute atomic E-state index is 0.106. The second kappa shape index (κ2) is 7.57. The Morgan fingerprint density at radius 3 is 2.44 bits per heavy atom. The number of nitro groups is 1. The van der Waals surface area contributed by atoms with E-state index in [1.165, 1.54) is 19.2 Å². The number of Topliss-reactive ketones (excluding diaryl/α,β-unsaturated/α-hetero) is 1. The van der Waals surface area contributed by atoms with E-state index >= 15 is 0 Å². The van der Waals surface area contributed by atoms with Gasteiger partial charge in [-0.2, -0.15) is 0 Å². The molecule has 0 spiro atoms. The third kappa shape index (κ3) is 4.20. The van der Waals surface area contributed by atoms with Gasteiger partial charge in [-0.3, -0.25) is 14.9 Å². The number of ketones is 1. The van der Waals surface area contributed by atoms with Gasteiger partial charge in [0.25, 0.3) is 5.69 Å². The first-order valence-electron chi connectivity index (χ1n) is 7.43. The number of hydrogen-bond donors (Lipinski definition) is 0. The molecule has 0 bridgehead atoms. The maximum atomic E-state index is 12.3. The van der Waals surface area contributed by atoms with Crippen LogP contribution in [0.4, 0.5) is 5.69 Å². The molecule has 2 aromatic carbocycles. The molecule has 0 radical (unpaired) electrons. The highest BCUT2D eigenvalue weighted by atomic mass is 16.6. The van der Waals surface area contributed by atoms with Crippen molar-refractivity contribution in [2.24, 2.45) is 0 Å². The topological polar surface area (TPSA) is 95.7 Å². The van der Waals surface area contributed by atoms with Gasteiger partial charge >= 0.3 is 5.97 Å². The van der Waals surface area contributed by atoms with Crippen molar-refractivity contribution in [2.45, 2.75) is 13.8 Å². The molecule has 2 rings (SSSR count). The molecule has 0 heterocycles. The van der Waals surface area contributed by atoms with Crippen LogP contribution in [0.5, 0.6) is 5.75 Å². The molecule has 25 heavy (non-hydrogen) atoms. The Hall–Kier alpha value is -3.22.